The van der Waals surface area contributed by atoms with Gasteiger partial charge in [-0.15, -0.1) is 24.0 Å². The van der Waals surface area contributed by atoms with E-state index < -0.39 is 5.91 Å². The summed E-state index contributed by atoms with van der Waals surface area (Å²) in [5.74, 6) is 0.851. The number of hydrogen-bond donors (Lipinski definition) is 3. The van der Waals surface area contributed by atoms with E-state index in [9.17, 15) is 4.79 Å². The molecule has 0 atom stereocenters. The fraction of sp³-hybridized carbons (Fsp3) is 0.417. The number of rotatable bonds is 10. The summed E-state index contributed by atoms with van der Waals surface area (Å²) in [6.07, 6.45) is 0. The van der Waals surface area contributed by atoms with Crippen LogP contribution >= 0.6 is 24.0 Å². The maximum atomic E-state index is 10.9. The molecule has 0 bridgehead atoms. The zero-order valence-corrected chi connectivity index (χ0v) is 21.4. The Labute approximate surface area is 212 Å². The van der Waals surface area contributed by atoms with Crippen LogP contribution in [0.1, 0.15) is 23.6 Å². The normalized spacial score (nSPS) is 14.3. The molecule has 33 heavy (non-hydrogen) atoms. The van der Waals surface area contributed by atoms with E-state index in [2.05, 4.69) is 39.8 Å². The summed E-state index contributed by atoms with van der Waals surface area (Å²) in [5, 5.41) is 6.74. The van der Waals surface area contributed by atoms with Gasteiger partial charge in [0.15, 0.2) is 12.6 Å². The lowest BCUT2D eigenvalue weighted by molar-refractivity contribution is -0.119. The van der Waals surface area contributed by atoms with Gasteiger partial charge in [0.2, 0.25) is 0 Å². The van der Waals surface area contributed by atoms with E-state index in [0.717, 1.165) is 50.9 Å². The zero-order chi connectivity index (χ0) is 22.6. The molecule has 1 fully saturated rings. The van der Waals surface area contributed by atoms with Gasteiger partial charge in [0.05, 0.1) is 19.8 Å². The first-order valence-corrected chi connectivity index (χ1v) is 11.0. The molecule has 8 nitrogen and oxygen atoms in total. The van der Waals surface area contributed by atoms with Crippen molar-refractivity contribution >= 4 is 35.8 Å². The third kappa shape index (κ3) is 9.56. The highest BCUT2D eigenvalue weighted by Crippen LogP contribution is 2.15. The van der Waals surface area contributed by atoms with Crippen LogP contribution < -0.4 is 21.1 Å². The standard InChI is InChI=1S/C24H33N5O3.HI/c1-2-26-24(27-15-19-6-5-9-22(14-19)32-18-23(25)30)28-16-20-7-3-4-8-21(20)17-29-10-12-31-13-11-29;/h3-9,14H,2,10-13,15-18H2,1H3,(H2,25,30)(H2,26,27,28);1H. The second-order valence-corrected chi connectivity index (χ2v) is 7.61. The van der Waals surface area contributed by atoms with Gasteiger partial charge in [-0.3, -0.25) is 9.69 Å². The number of aliphatic imine (C=N–C) groups is 1. The van der Waals surface area contributed by atoms with Crippen LogP contribution in [0.4, 0.5) is 0 Å². The molecule has 3 rings (SSSR count). The second-order valence-electron chi connectivity index (χ2n) is 7.61. The minimum atomic E-state index is -0.499. The van der Waals surface area contributed by atoms with Crippen molar-refractivity contribution in [3.8, 4) is 5.75 Å². The Morgan fingerprint density at radius 2 is 1.88 bits per heavy atom. The van der Waals surface area contributed by atoms with E-state index in [-0.39, 0.29) is 30.6 Å². The molecule has 2 aromatic rings. The summed E-state index contributed by atoms with van der Waals surface area (Å²) >= 11 is 0. The van der Waals surface area contributed by atoms with E-state index in [0.29, 0.717) is 18.8 Å². The van der Waals surface area contributed by atoms with Crippen molar-refractivity contribution in [2.45, 2.75) is 26.6 Å². The third-order valence-corrected chi connectivity index (χ3v) is 5.11. The van der Waals surface area contributed by atoms with Gasteiger partial charge in [0, 0.05) is 32.7 Å². The molecule has 4 N–H and O–H groups in total. The minimum Gasteiger partial charge on any atom is -0.484 e. The highest BCUT2D eigenvalue weighted by molar-refractivity contribution is 14.0. The van der Waals surface area contributed by atoms with Crippen LogP contribution in [0.15, 0.2) is 53.5 Å². The molecule has 0 aliphatic carbocycles. The Morgan fingerprint density at radius 3 is 2.61 bits per heavy atom. The molecule has 1 aliphatic heterocycles. The van der Waals surface area contributed by atoms with Gasteiger partial charge in [-0.25, -0.2) is 4.99 Å². The minimum absolute atomic E-state index is 0. The lowest BCUT2D eigenvalue weighted by Crippen LogP contribution is -2.38. The number of guanidine groups is 1. The van der Waals surface area contributed by atoms with Crippen LogP contribution in [0.25, 0.3) is 0 Å². The highest BCUT2D eigenvalue weighted by atomic mass is 127. The van der Waals surface area contributed by atoms with Crippen LogP contribution in [-0.2, 0) is 29.2 Å². The molecule has 0 saturated carbocycles. The lowest BCUT2D eigenvalue weighted by atomic mass is 10.1. The van der Waals surface area contributed by atoms with Crippen molar-refractivity contribution in [2.75, 3.05) is 39.5 Å². The molecule has 0 radical (unpaired) electrons. The van der Waals surface area contributed by atoms with Crippen molar-refractivity contribution in [3.05, 3.63) is 65.2 Å². The fourth-order valence-corrected chi connectivity index (χ4v) is 3.46. The summed E-state index contributed by atoms with van der Waals surface area (Å²) in [7, 11) is 0. The van der Waals surface area contributed by atoms with Gasteiger partial charge in [0.25, 0.3) is 5.91 Å². The quantitative estimate of drug-likeness (QED) is 0.232. The number of nitrogens with zero attached hydrogens (tertiary/aromatic N) is 2. The molecule has 0 aromatic heterocycles. The Kier molecular flexibility index (Phi) is 12.0. The molecule has 1 saturated heterocycles. The average Bonchev–Trinajstić information content (AvgIpc) is 2.81. The Hall–Kier alpha value is -2.37. The van der Waals surface area contributed by atoms with E-state index in [1.54, 1.807) is 6.07 Å². The van der Waals surface area contributed by atoms with Crippen LogP contribution in [0.5, 0.6) is 5.75 Å². The number of carbonyl (C=O) groups excluding carboxylic acids is 1. The molecule has 1 heterocycles. The molecular weight excluding hydrogens is 533 g/mol. The van der Waals surface area contributed by atoms with Crippen molar-refractivity contribution < 1.29 is 14.3 Å². The summed E-state index contributed by atoms with van der Waals surface area (Å²) in [6.45, 7) is 8.30. The molecule has 180 valence electrons. The molecule has 1 aliphatic rings. The molecule has 0 spiro atoms. The molecule has 1 amide bonds. The van der Waals surface area contributed by atoms with Gasteiger partial charge in [0.1, 0.15) is 5.75 Å². The number of amides is 1. The largest absolute Gasteiger partial charge is 0.484 e. The van der Waals surface area contributed by atoms with Crippen molar-refractivity contribution in [1.29, 1.82) is 0 Å². The zero-order valence-electron chi connectivity index (χ0n) is 19.1. The summed E-state index contributed by atoms with van der Waals surface area (Å²) in [5.41, 5.74) is 8.70. The topological polar surface area (TPSA) is 101 Å². The van der Waals surface area contributed by atoms with Crippen LogP contribution in [0, 0.1) is 0 Å². The number of halogens is 1. The molecular formula is C24H34IN5O3. The Bertz CT molecular complexity index is 903. The number of hydrogen-bond acceptors (Lipinski definition) is 5. The van der Waals surface area contributed by atoms with E-state index in [1.807, 2.05) is 25.1 Å². The van der Waals surface area contributed by atoms with E-state index in [1.165, 1.54) is 11.1 Å². The number of benzene rings is 2. The number of nitrogens with one attached hydrogen (secondary N) is 2. The average molecular weight is 567 g/mol. The summed E-state index contributed by atoms with van der Waals surface area (Å²) in [6, 6.07) is 16.0. The van der Waals surface area contributed by atoms with Gasteiger partial charge < -0.3 is 25.8 Å². The molecule has 9 heteroatoms. The first-order valence-electron chi connectivity index (χ1n) is 11.0. The SMILES string of the molecule is CCNC(=NCc1cccc(OCC(N)=O)c1)NCc1ccccc1CN1CCOCC1.I. The van der Waals surface area contributed by atoms with Crippen molar-refractivity contribution in [3.63, 3.8) is 0 Å². The number of morpholine rings is 1. The fourth-order valence-electron chi connectivity index (χ4n) is 3.46. The first-order chi connectivity index (χ1) is 15.6. The maximum Gasteiger partial charge on any atom is 0.255 e. The predicted octanol–water partition coefficient (Wildman–Crippen LogP) is 2.26. The van der Waals surface area contributed by atoms with Crippen molar-refractivity contribution in [2.24, 2.45) is 10.7 Å². The highest BCUT2D eigenvalue weighted by Gasteiger charge is 2.13. The van der Waals surface area contributed by atoms with E-state index >= 15 is 0 Å². The Balaban J connectivity index is 0.00000385. The lowest BCUT2D eigenvalue weighted by Gasteiger charge is -2.27. The van der Waals surface area contributed by atoms with Gasteiger partial charge >= 0.3 is 0 Å². The van der Waals surface area contributed by atoms with Crippen LogP contribution in [0.3, 0.4) is 0 Å². The maximum absolute atomic E-state index is 10.9. The van der Waals surface area contributed by atoms with Gasteiger partial charge in [-0.05, 0) is 35.7 Å². The van der Waals surface area contributed by atoms with E-state index in [4.69, 9.17) is 20.2 Å². The van der Waals surface area contributed by atoms with Crippen LogP contribution in [0.2, 0.25) is 0 Å². The number of primary amides is 1. The molecule has 2 aromatic carbocycles. The number of nitrogens with two attached hydrogens (primary N) is 1. The second kappa shape index (κ2) is 14.7. The Morgan fingerprint density at radius 1 is 1.12 bits per heavy atom. The predicted molar refractivity (Wildman–Crippen MR) is 141 cm³/mol. The molecule has 0 unspecified atom stereocenters. The summed E-state index contributed by atoms with van der Waals surface area (Å²) in [4.78, 5) is 18.0. The first kappa shape index (κ1) is 26.9. The number of carbonyl (C=O) groups is 1. The monoisotopic (exact) mass is 567 g/mol. The third-order valence-electron chi connectivity index (χ3n) is 5.11. The van der Waals surface area contributed by atoms with Crippen LogP contribution in [-0.4, -0.2) is 56.2 Å². The summed E-state index contributed by atoms with van der Waals surface area (Å²) < 4.78 is 10.8. The van der Waals surface area contributed by atoms with Gasteiger partial charge in [-0.2, -0.15) is 0 Å². The smallest absolute Gasteiger partial charge is 0.255 e. The number of ether oxygens (including phenoxy) is 2. The van der Waals surface area contributed by atoms with Gasteiger partial charge in [-0.1, -0.05) is 36.4 Å². The van der Waals surface area contributed by atoms with Crippen molar-refractivity contribution in [1.82, 2.24) is 15.5 Å².